The first kappa shape index (κ1) is 21.5. The molecule has 2 aromatic rings. The van der Waals surface area contributed by atoms with Gasteiger partial charge in [-0.15, -0.1) is 0 Å². The van der Waals surface area contributed by atoms with Crippen molar-refractivity contribution in [3.8, 4) is 0 Å². The van der Waals surface area contributed by atoms with Gasteiger partial charge in [-0.05, 0) is 62.9 Å². The lowest BCUT2D eigenvalue weighted by Crippen LogP contribution is -2.41. The lowest BCUT2D eigenvalue weighted by Gasteiger charge is -2.32. The van der Waals surface area contributed by atoms with Gasteiger partial charge < -0.3 is 4.90 Å². The Hall–Kier alpha value is -2.18. The number of piperidine rings is 1. The molecule has 6 heteroatoms. The standard InChI is InChI=1S/C23H30N2O3S/c1-3-24(18-16-20-10-5-4-6-11-20)23(26)21-12-14-22(15-13-21)29(27,28)25-17-8-7-9-19(25)2/h4-6,10-15,19H,3,7-9,16-18H2,1-2H3. The second kappa shape index (κ2) is 9.55. The van der Waals surface area contributed by atoms with Crippen LogP contribution in [0.1, 0.15) is 49.0 Å². The molecule has 1 amide bonds. The highest BCUT2D eigenvalue weighted by Gasteiger charge is 2.31. The number of amides is 1. The first-order chi connectivity index (χ1) is 13.9. The van der Waals surface area contributed by atoms with Crippen molar-refractivity contribution in [3.05, 3.63) is 65.7 Å². The van der Waals surface area contributed by atoms with Crippen LogP contribution < -0.4 is 0 Å². The van der Waals surface area contributed by atoms with Gasteiger partial charge in [-0.1, -0.05) is 36.8 Å². The molecule has 1 atom stereocenters. The fraction of sp³-hybridized carbons (Fsp3) is 0.435. The Morgan fingerprint density at radius 2 is 1.76 bits per heavy atom. The zero-order chi connectivity index (χ0) is 20.9. The van der Waals surface area contributed by atoms with Gasteiger partial charge in [0.1, 0.15) is 0 Å². The van der Waals surface area contributed by atoms with Crippen molar-refractivity contribution in [2.45, 2.75) is 50.5 Å². The predicted molar refractivity (Wildman–Crippen MR) is 115 cm³/mol. The van der Waals surface area contributed by atoms with Crippen molar-refractivity contribution < 1.29 is 13.2 Å². The van der Waals surface area contributed by atoms with E-state index in [-0.39, 0.29) is 16.8 Å². The fourth-order valence-corrected chi connectivity index (χ4v) is 5.53. The highest BCUT2D eigenvalue weighted by atomic mass is 32.2. The Bertz CT molecular complexity index is 911. The molecule has 0 spiro atoms. The van der Waals surface area contributed by atoms with Crippen molar-refractivity contribution in [3.63, 3.8) is 0 Å². The lowest BCUT2D eigenvalue weighted by atomic mass is 10.1. The average Bonchev–Trinajstić information content (AvgIpc) is 2.75. The summed E-state index contributed by atoms with van der Waals surface area (Å²) in [5.41, 5.74) is 1.71. The molecule has 0 radical (unpaired) electrons. The van der Waals surface area contributed by atoms with Gasteiger partial charge in [-0.25, -0.2) is 8.42 Å². The summed E-state index contributed by atoms with van der Waals surface area (Å²) in [5.74, 6) is -0.0706. The Kier molecular flexibility index (Phi) is 7.09. The number of hydrogen-bond acceptors (Lipinski definition) is 3. The normalized spacial score (nSPS) is 17.8. The van der Waals surface area contributed by atoms with E-state index in [4.69, 9.17) is 0 Å². The van der Waals surface area contributed by atoms with E-state index in [1.165, 1.54) is 5.56 Å². The van der Waals surface area contributed by atoms with Gasteiger partial charge in [-0.2, -0.15) is 4.31 Å². The Morgan fingerprint density at radius 3 is 2.38 bits per heavy atom. The van der Waals surface area contributed by atoms with Gasteiger partial charge >= 0.3 is 0 Å². The van der Waals surface area contributed by atoms with Crippen molar-refractivity contribution in [2.75, 3.05) is 19.6 Å². The third-order valence-electron chi connectivity index (χ3n) is 5.63. The minimum absolute atomic E-state index is 0.0172. The highest BCUT2D eigenvalue weighted by molar-refractivity contribution is 7.89. The molecule has 1 aliphatic rings. The summed E-state index contributed by atoms with van der Waals surface area (Å²) < 4.78 is 27.5. The number of likely N-dealkylation sites (N-methyl/N-ethyl adjacent to an activating group) is 1. The van der Waals surface area contributed by atoms with Crippen molar-refractivity contribution >= 4 is 15.9 Å². The monoisotopic (exact) mass is 414 g/mol. The van der Waals surface area contributed by atoms with E-state index in [0.29, 0.717) is 25.2 Å². The van der Waals surface area contributed by atoms with E-state index in [2.05, 4.69) is 12.1 Å². The second-order valence-electron chi connectivity index (χ2n) is 7.61. The zero-order valence-corrected chi connectivity index (χ0v) is 18.1. The summed E-state index contributed by atoms with van der Waals surface area (Å²) in [6.07, 6.45) is 3.64. The van der Waals surface area contributed by atoms with Crippen LogP contribution in [0, 0.1) is 0 Å². The number of rotatable bonds is 7. The Labute approximate surface area is 174 Å². The maximum absolute atomic E-state index is 13.0. The quantitative estimate of drug-likeness (QED) is 0.689. The molecule has 2 aromatic carbocycles. The molecule has 1 saturated heterocycles. The van der Waals surface area contributed by atoms with Crippen LogP contribution >= 0.6 is 0 Å². The third kappa shape index (κ3) is 5.06. The van der Waals surface area contributed by atoms with E-state index < -0.39 is 10.0 Å². The van der Waals surface area contributed by atoms with Crippen molar-refractivity contribution in [1.29, 1.82) is 0 Å². The Morgan fingerprint density at radius 1 is 1.07 bits per heavy atom. The number of carbonyl (C=O) groups is 1. The van der Waals surface area contributed by atoms with Gasteiger partial charge in [0.2, 0.25) is 10.0 Å². The molecule has 1 aliphatic heterocycles. The lowest BCUT2D eigenvalue weighted by molar-refractivity contribution is 0.0766. The third-order valence-corrected chi connectivity index (χ3v) is 7.66. The average molecular weight is 415 g/mol. The number of benzene rings is 2. The first-order valence-corrected chi connectivity index (χ1v) is 11.8. The summed E-state index contributed by atoms with van der Waals surface area (Å²) in [7, 11) is -3.52. The summed E-state index contributed by atoms with van der Waals surface area (Å²) in [6.45, 7) is 5.72. The molecule has 0 bridgehead atoms. The molecule has 0 saturated carbocycles. The summed E-state index contributed by atoms with van der Waals surface area (Å²) in [6, 6.07) is 16.5. The van der Waals surface area contributed by atoms with Crippen LogP contribution in [0.2, 0.25) is 0 Å². The first-order valence-electron chi connectivity index (χ1n) is 10.4. The number of nitrogens with zero attached hydrogens (tertiary/aromatic N) is 2. The maximum Gasteiger partial charge on any atom is 0.253 e. The molecule has 0 N–H and O–H groups in total. The summed E-state index contributed by atoms with van der Waals surface area (Å²) in [4.78, 5) is 14.9. The van der Waals surface area contributed by atoms with E-state index >= 15 is 0 Å². The molecule has 5 nitrogen and oxygen atoms in total. The molecule has 156 valence electrons. The van der Waals surface area contributed by atoms with Gasteiger partial charge in [-0.3, -0.25) is 4.79 Å². The van der Waals surface area contributed by atoms with E-state index in [0.717, 1.165) is 25.7 Å². The van der Waals surface area contributed by atoms with Crippen LogP contribution in [0.5, 0.6) is 0 Å². The van der Waals surface area contributed by atoms with Crippen LogP contribution in [-0.2, 0) is 16.4 Å². The minimum atomic E-state index is -3.52. The fourth-order valence-electron chi connectivity index (χ4n) is 3.83. The maximum atomic E-state index is 13.0. The minimum Gasteiger partial charge on any atom is -0.339 e. The molecular formula is C23H30N2O3S. The number of sulfonamides is 1. The Balaban J connectivity index is 1.70. The van der Waals surface area contributed by atoms with Gasteiger partial charge in [0.15, 0.2) is 0 Å². The number of hydrogen-bond donors (Lipinski definition) is 0. The van der Waals surface area contributed by atoms with Crippen LogP contribution in [-0.4, -0.2) is 49.2 Å². The smallest absolute Gasteiger partial charge is 0.253 e. The number of carbonyl (C=O) groups excluding carboxylic acids is 1. The van der Waals surface area contributed by atoms with E-state index in [9.17, 15) is 13.2 Å². The van der Waals surface area contributed by atoms with E-state index in [1.807, 2.05) is 32.0 Å². The molecular weight excluding hydrogens is 384 g/mol. The molecule has 1 heterocycles. The van der Waals surface area contributed by atoms with Crippen LogP contribution in [0.3, 0.4) is 0 Å². The predicted octanol–water partition coefficient (Wildman–Crippen LogP) is 3.95. The molecule has 3 rings (SSSR count). The van der Waals surface area contributed by atoms with Crippen molar-refractivity contribution in [2.24, 2.45) is 0 Å². The summed E-state index contributed by atoms with van der Waals surface area (Å²) >= 11 is 0. The van der Waals surface area contributed by atoms with Crippen molar-refractivity contribution in [1.82, 2.24) is 9.21 Å². The largest absolute Gasteiger partial charge is 0.339 e. The zero-order valence-electron chi connectivity index (χ0n) is 17.3. The molecule has 29 heavy (non-hydrogen) atoms. The summed E-state index contributed by atoms with van der Waals surface area (Å²) in [5, 5.41) is 0. The van der Waals surface area contributed by atoms with Crippen LogP contribution in [0.25, 0.3) is 0 Å². The second-order valence-corrected chi connectivity index (χ2v) is 9.50. The topological polar surface area (TPSA) is 57.7 Å². The molecule has 1 unspecified atom stereocenters. The van der Waals surface area contributed by atoms with E-state index in [1.54, 1.807) is 33.5 Å². The van der Waals surface area contributed by atoms with Crippen LogP contribution in [0.4, 0.5) is 0 Å². The molecule has 0 aliphatic carbocycles. The highest BCUT2D eigenvalue weighted by Crippen LogP contribution is 2.25. The molecule has 0 aromatic heterocycles. The van der Waals surface area contributed by atoms with Gasteiger partial charge in [0, 0.05) is 31.2 Å². The SMILES string of the molecule is CCN(CCc1ccccc1)C(=O)c1ccc(S(=O)(=O)N2CCCCC2C)cc1. The van der Waals surface area contributed by atoms with Gasteiger partial charge in [0.25, 0.3) is 5.91 Å². The molecule has 1 fully saturated rings. The van der Waals surface area contributed by atoms with Crippen LogP contribution in [0.15, 0.2) is 59.5 Å². The van der Waals surface area contributed by atoms with Gasteiger partial charge in [0.05, 0.1) is 4.90 Å².